The van der Waals surface area contributed by atoms with Crippen molar-refractivity contribution in [1.29, 1.82) is 0 Å². The van der Waals surface area contributed by atoms with Crippen LogP contribution >= 0.6 is 11.8 Å². The zero-order valence-corrected chi connectivity index (χ0v) is 19.4. The molecule has 0 aromatic heterocycles. The third kappa shape index (κ3) is 5.96. The molecular weight excluding hydrogens is 396 g/mol. The van der Waals surface area contributed by atoms with Crippen molar-refractivity contribution < 1.29 is 4.79 Å². The number of carbonyl (C=O) groups excluding carboxylic acids is 1. The Morgan fingerprint density at radius 2 is 0.903 bits per heavy atom. The minimum Gasteiger partial charge on any atom is -0.289 e. The van der Waals surface area contributed by atoms with Crippen LogP contribution in [0.25, 0.3) is 0 Å². The van der Waals surface area contributed by atoms with E-state index in [2.05, 4.69) is 48.5 Å². The number of benzene rings is 4. The van der Waals surface area contributed by atoms with Gasteiger partial charge in [0.2, 0.25) is 0 Å². The van der Waals surface area contributed by atoms with Gasteiger partial charge in [-0.1, -0.05) is 84.6 Å². The van der Waals surface area contributed by atoms with Crippen LogP contribution in [-0.4, -0.2) is 5.78 Å². The monoisotopic (exact) mass is 424 g/mol. The smallest absolute Gasteiger partial charge is 0.193 e. The third-order valence-electron chi connectivity index (χ3n) is 5.42. The summed E-state index contributed by atoms with van der Waals surface area (Å²) in [5.74, 6) is 0.123. The van der Waals surface area contributed by atoms with Crippen LogP contribution in [0, 0.1) is 27.7 Å². The molecule has 0 bridgehead atoms. The van der Waals surface area contributed by atoms with Gasteiger partial charge < -0.3 is 0 Å². The van der Waals surface area contributed by atoms with Crippen molar-refractivity contribution in [3.63, 3.8) is 0 Å². The molecule has 0 unspecified atom stereocenters. The van der Waals surface area contributed by atoms with Gasteiger partial charge in [-0.3, -0.25) is 4.79 Å². The van der Waals surface area contributed by atoms with Crippen molar-refractivity contribution in [2.45, 2.75) is 37.5 Å². The molecule has 0 N–H and O–H groups in total. The lowest BCUT2D eigenvalue weighted by Crippen LogP contribution is -2.07. The number of ketones is 1. The van der Waals surface area contributed by atoms with E-state index in [-0.39, 0.29) is 5.78 Å². The van der Waals surface area contributed by atoms with E-state index in [1.54, 1.807) is 11.8 Å². The molecule has 0 atom stereocenters. The Kier molecular flexibility index (Phi) is 7.86. The Bertz CT molecular complexity index is 1060. The maximum atomic E-state index is 12.6. The first-order chi connectivity index (χ1) is 15.0. The van der Waals surface area contributed by atoms with Crippen LogP contribution < -0.4 is 0 Å². The van der Waals surface area contributed by atoms with Crippen LogP contribution in [-0.2, 0) is 0 Å². The summed E-state index contributed by atoms with van der Waals surface area (Å²) < 4.78 is 0. The number of hydrogen-bond donors (Lipinski definition) is 0. The van der Waals surface area contributed by atoms with Crippen LogP contribution in [0.3, 0.4) is 0 Å². The first kappa shape index (κ1) is 22.6. The summed E-state index contributed by atoms with van der Waals surface area (Å²) in [5.41, 5.74) is 6.08. The van der Waals surface area contributed by atoms with E-state index >= 15 is 0 Å². The predicted octanol–water partition coefficient (Wildman–Crippen LogP) is 7.99. The average Bonchev–Trinajstić information content (AvgIpc) is 2.79. The number of carbonyl (C=O) groups is 1. The van der Waals surface area contributed by atoms with Crippen LogP contribution in [0.15, 0.2) is 107 Å². The molecule has 31 heavy (non-hydrogen) atoms. The normalized spacial score (nSPS) is 10.2. The fraction of sp³-hybridized carbons (Fsp3) is 0.138. The van der Waals surface area contributed by atoms with Gasteiger partial charge in [0, 0.05) is 20.9 Å². The molecule has 4 aromatic rings. The van der Waals surface area contributed by atoms with Crippen molar-refractivity contribution in [2.75, 3.05) is 0 Å². The molecule has 2 heteroatoms. The van der Waals surface area contributed by atoms with Gasteiger partial charge in [-0.05, 0) is 74.2 Å². The molecule has 4 aromatic carbocycles. The first-order valence-corrected chi connectivity index (χ1v) is 11.2. The molecular formula is C29H28OS. The molecule has 0 saturated carbocycles. The maximum Gasteiger partial charge on any atom is 0.193 e. The minimum atomic E-state index is 0.123. The maximum absolute atomic E-state index is 12.6. The lowest BCUT2D eigenvalue weighted by Gasteiger charge is -2.11. The van der Waals surface area contributed by atoms with Gasteiger partial charge in [-0.25, -0.2) is 0 Å². The highest BCUT2D eigenvalue weighted by molar-refractivity contribution is 7.99. The lowest BCUT2D eigenvalue weighted by molar-refractivity contribution is 0.103. The lowest BCUT2D eigenvalue weighted by atomic mass is 9.92. The highest BCUT2D eigenvalue weighted by Gasteiger charge is 2.15. The van der Waals surface area contributed by atoms with E-state index in [4.69, 9.17) is 0 Å². The summed E-state index contributed by atoms with van der Waals surface area (Å²) in [6.45, 7) is 8.09. The van der Waals surface area contributed by atoms with E-state index in [1.807, 2.05) is 76.2 Å². The fourth-order valence-corrected chi connectivity index (χ4v) is 4.11. The minimum absolute atomic E-state index is 0.123. The summed E-state index contributed by atoms with van der Waals surface area (Å²) >= 11 is 1.79. The molecule has 0 fully saturated rings. The molecule has 0 amide bonds. The van der Waals surface area contributed by atoms with Crippen molar-refractivity contribution in [1.82, 2.24) is 0 Å². The topological polar surface area (TPSA) is 17.1 Å². The summed E-state index contributed by atoms with van der Waals surface area (Å²) in [6.07, 6.45) is 0. The van der Waals surface area contributed by atoms with E-state index in [1.165, 1.54) is 9.79 Å². The van der Waals surface area contributed by atoms with E-state index in [0.29, 0.717) is 0 Å². The van der Waals surface area contributed by atoms with Crippen LogP contribution in [0.2, 0.25) is 0 Å². The van der Waals surface area contributed by atoms with Crippen LogP contribution in [0.4, 0.5) is 0 Å². The molecule has 156 valence electrons. The molecule has 0 aliphatic rings. The predicted molar refractivity (Wildman–Crippen MR) is 132 cm³/mol. The molecule has 4 rings (SSSR count). The van der Waals surface area contributed by atoms with Crippen LogP contribution in [0.5, 0.6) is 0 Å². The van der Waals surface area contributed by atoms with Crippen molar-refractivity contribution in [2.24, 2.45) is 0 Å². The van der Waals surface area contributed by atoms with Crippen molar-refractivity contribution >= 4 is 17.5 Å². The number of rotatable bonds is 4. The zero-order chi connectivity index (χ0) is 22.2. The Morgan fingerprint density at radius 1 is 0.516 bits per heavy atom. The summed E-state index contributed by atoms with van der Waals surface area (Å²) in [6, 6.07) is 32.6. The zero-order valence-electron chi connectivity index (χ0n) is 18.6. The van der Waals surface area contributed by atoms with E-state index < -0.39 is 0 Å². The number of hydrogen-bond acceptors (Lipinski definition) is 2. The van der Waals surface area contributed by atoms with E-state index in [0.717, 1.165) is 33.4 Å². The standard InChI is InChI=1S/C17H18O.C12H10S/c1-11-7-5-9-15(13(11)3)17(18)16-10-6-8-12(2)14(16)4;1-3-7-11(8-4-1)13-12-9-5-2-6-10-12/h5-10H,1-4H3;1-10H. The highest BCUT2D eigenvalue weighted by Crippen LogP contribution is 2.26. The Labute approximate surface area is 190 Å². The van der Waals surface area contributed by atoms with Gasteiger partial charge in [-0.2, -0.15) is 0 Å². The Morgan fingerprint density at radius 3 is 1.29 bits per heavy atom. The molecule has 0 spiro atoms. The second-order valence-electron chi connectivity index (χ2n) is 7.55. The summed E-state index contributed by atoms with van der Waals surface area (Å²) in [4.78, 5) is 15.2. The Balaban J connectivity index is 0.000000185. The number of aryl methyl sites for hydroxylation is 2. The quantitative estimate of drug-likeness (QED) is 0.309. The molecule has 0 aliphatic heterocycles. The average molecular weight is 425 g/mol. The molecule has 0 saturated heterocycles. The Hall–Kier alpha value is -3.10. The van der Waals surface area contributed by atoms with Gasteiger partial charge in [0.15, 0.2) is 5.78 Å². The summed E-state index contributed by atoms with van der Waals surface area (Å²) in [5, 5.41) is 0. The molecule has 1 nitrogen and oxygen atoms in total. The van der Waals surface area contributed by atoms with Gasteiger partial charge in [0.1, 0.15) is 0 Å². The van der Waals surface area contributed by atoms with Crippen molar-refractivity contribution in [3.8, 4) is 0 Å². The molecule has 0 aliphatic carbocycles. The highest BCUT2D eigenvalue weighted by atomic mass is 32.2. The van der Waals surface area contributed by atoms with Gasteiger partial charge in [0.05, 0.1) is 0 Å². The first-order valence-electron chi connectivity index (χ1n) is 10.4. The SMILES string of the molecule is Cc1cccc(C(=O)c2cccc(C)c2C)c1C.c1ccc(Sc2ccccc2)cc1. The van der Waals surface area contributed by atoms with Crippen LogP contribution in [0.1, 0.15) is 38.2 Å². The third-order valence-corrected chi connectivity index (χ3v) is 6.44. The summed E-state index contributed by atoms with van der Waals surface area (Å²) in [7, 11) is 0. The van der Waals surface area contributed by atoms with Gasteiger partial charge in [-0.15, -0.1) is 0 Å². The van der Waals surface area contributed by atoms with Crippen molar-refractivity contribution in [3.05, 3.63) is 130 Å². The molecule has 0 heterocycles. The second kappa shape index (κ2) is 10.8. The molecule has 0 radical (unpaired) electrons. The van der Waals surface area contributed by atoms with Gasteiger partial charge >= 0.3 is 0 Å². The van der Waals surface area contributed by atoms with E-state index in [9.17, 15) is 4.79 Å². The van der Waals surface area contributed by atoms with Gasteiger partial charge in [0.25, 0.3) is 0 Å². The largest absolute Gasteiger partial charge is 0.289 e. The second-order valence-corrected chi connectivity index (χ2v) is 8.70. The fourth-order valence-electron chi connectivity index (χ4n) is 3.25.